The Kier molecular flexibility index (Phi) is 4.74. The van der Waals surface area contributed by atoms with Gasteiger partial charge in [0.15, 0.2) is 0 Å². The lowest BCUT2D eigenvalue weighted by atomic mass is 10.1. The summed E-state index contributed by atoms with van der Waals surface area (Å²) in [7, 11) is 0. The molecular formula is C15H9BrF3NO3. The molecule has 0 fully saturated rings. The second-order valence-corrected chi connectivity index (χ2v) is 5.32. The Hall–Kier alpha value is -2.35. The molecule has 4 nitrogen and oxygen atoms in total. The molecule has 2 aromatic carbocycles. The normalized spacial score (nSPS) is 11.1. The first kappa shape index (κ1) is 17.0. The van der Waals surface area contributed by atoms with Gasteiger partial charge in [-0.05, 0) is 40.2 Å². The summed E-state index contributed by atoms with van der Waals surface area (Å²) in [5.41, 5.74) is -2.03. The molecule has 1 amide bonds. The van der Waals surface area contributed by atoms with Gasteiger partial charge in [-0.25, -0.2) is 4.79 Å². The van der Waals surface area contributed by atoms with E-state index in [0.717, 1.165) is 12.1 Å². The van der Waals surface area contributed by atoms with Crippen molar-refractivity contribution in [2.45, 2.75) is 6.18 Å². The summed E-state index contributed by atoms with van der Waals surface area (Å²) in [6, 6.07) is 8.41. The van der Waals surface area contributed by atoms with Gasteiger partial charge in [0, 0.05) is 4.47 Å². The summed E-state index contributed by atoms with van der Waals surface area (Å²) >= 11 is 3.07. The number of halogens is 4. The van der Waals surface area contributed by atoms with Crippen LogP contribution in [0.2, 0.25) is 0 Å². The van der Waals surface area contributed by atoms with Crippen molar-refractivity contribution in [2.75, 3.05) is 5.32 Å². The largest absolute Gasteiger partial charge is 0.478 e. The van der Waals surface area contributed by atoms with E-state index in [2.05, 4.69) is 21.2 Å². The third kappa shape index (κ3) is 3.70. The van der Waals surface area contributed by atoms with Crippen LogP contribution in [-0.4, -0.2) is 17.0 Å². The Morgan fingerprint density at radius 2 is 1.61 bits per heavy atom. The van der Waals surface area contributed by atoms with Gasteiger partial charge in [0.25, 0.3) is 5.91 Å². The third-order valence-corrected chi connectivity index (χ3v) is 3.62. The number of carboxylic acid groups (broad SMARTS) is 1. The fourth-order valence-electron chi connectivity index (χ4n) is 1.94. The third-order valence-electron chi connectivity index (χ3n) is 2.96. The molecule has 0 aliphatic rings. The molecule has 0 unspecified atom stereocenters. The van der Waals surface area contributed by atoms with E-state index in [9.17, 15) is 22.8 Å². The molecule has 0 aliphatic heterocycles. The van der Waals surface area contributed by atoms with Gasteiger partial charge in [-0.2, -0.15) is 13.2 Å². The highest BCUT2D eigenvalue weighted by molar-refractivity contribution is 9.10. The van der Waals surface area contributed by atoms with Gasteiger partial charge < -0.3 is 10.4 Å². The molecule has 0 spiro atoms. The quantitative estimate of drug-likeness (QED) is 0.818. The van der Waals surface area contributed by atoms with E-state index in [0.29, 0.717) is 0 Å². The van der Waals surface area contributed by atoms with Crippen molar-refractivity contribution >= 4 is 33.5 Å². The van der Waals surface area contributed by atoms with E-state index in [1.54, 1.807) is 0 Å². The minimum Gasteiger partial charge on any atom is -0.478 e. The number of carboxylic acids is 1. The van der Waals surface area contributed by atoms with Gasteiger partial charge in [0.05, 0.1) is 22.4 Å². The number of rotatable bonds is 3. The number of nitrogens with one attached hydrogen (secondary N) is 1. The fourth-order valence-corrected chi connectivity index (χ4v) is 2.40. The molecule has 0 atom stereocenters. The Morgan fingerprint density at radius 3 is 2.22 bits per heavy atom. The SMILES string of the molecule is O=C(Nc1c(Br)cccc1C(=O)O)c1ccccc1C(F)(F)F. The average Bonchev–Trinajstić information content (AvgIpc) is 2.48. The van der Waals surface area contributed by atoms with Crippen LogP contribution < -0.4 is 5.32 Å². The molecule has 0 saturated heterocycles. The average molecular weight is 388 g/mol. The summed E-state index contributed by atoms with van der Waals surface area (Å²) in [5.74, 6) is -2.36. The predicted octanol–water partition coefficient (Wildman–Crippen LogP) is 4.42. The predicted molar refractivity (Wildman–Crippen MR) is 80.5 cm³/mol. The summed E-state index contributed by atoms with van der Waals surface area (Å²) < 4.78 is 39.1. The summed E-state index contributed by atoms with van der Waals surface area (Å²) in [6.07, 6.45) is -4.70. The topological polar surface area (TPSA) is 66.4 Å². The van der Waals surface area contributed by atoms with Crippen molar-refractivity contribution in [3.05, 3.63) is 63.6 Å². The van der Waals surface area contributed by atoms with Crippen molar-refractivity contribution in [2.24, 2.45) is 0 Å². The van der Waals surface area contributed by atoms with E-state index in [4.69, 9.17) is 5.11 Å². The maximum absolute atomic E-state index is 13.0. The van der Waals surface area contributed by atoms with Crippen molar-refractivity contribution in [1.29, 1.82) is 0 Å². The molecule has 2 N–H and O–H groups in total. The standard InChI is InChI=1S/C15H9BrF3NO3/c16-11-7-3-5-9(14(22)23)12(11)20-13(21)8-4-1-2-6-10(8)15(17,18)19/h1-7H,(H,20,21)(H,22,23). The Balaban J connectivity index is 2.44. The highest BCUT2D eigenvalue weighted by atomic mass is 79.9. The highest BCUT2D eigenvalue weighted by Gasteiger charge is 2.35. The van der Waals surface area contributed by atoms with Crippen LogP contribution in [0.15, 0.2) is 46.9 Å². The van der Waals surface area contributed by atoms with Gasteiger partial charge in [0.2, 0.25) is 0 Å². The number of carbonyl (C=O) groups is 2. The molecule has 2 aromatic rings. The molecular weight excluding hydrogens is 379 g/mol. The van der Waals surface area contributed by atoms with E-state index in [1.165, 1.54) is 30.3 Å². The lowest BCUT2D eigenvalue weighted by Crippen LogP contribution is -2.20. The Labute approximate surface area is 137 Å². The molecule has 23 heavy (non-hydrogen) atoms. The lowest BCUT2D eigenvalue weighted by molar-refractivity contribution is -0.137. The van der Waals surface area contributed by atoms with Gasteiger partial charge in [-0.15, -0.1) is 0 Å². The second kappa shape index (κ2) is 6.41. The fraction of sp³-hybridized carbons (Fsp3) is 0.0667. The summed E-state index contributed by atoms with van der Waals surface area (Å²) in [6.45, 7) is 0. The van der Waals surface area contributed by atoms with E-state index >= 15 is 0 Å². The van der Waals surface area contributed by atoms with Gasteiger partial charge in [-0.1, -0.05) is 18.2 Å². The number of alkyl halides is 3. The Morgan fingerprint density at radius 1 is 1.00 bits per heavy atom. The smallest absolute Gasteiger partial charge is 0.417 e. The zero-order chi connectivity index (χ0) is 17.2. The van der Waals surface area contributed by atoms with Crippen LogP contribution in [0.4, 0.5) is 18.9 Å². The Bertz CT molecular complexity index is 775. The van der Waals surface area contributed by atoms with Gasteiger partial charge in [0.1, 0.15) is 0 Å². The number of hydrogen-bond acceptors (Lipinski definition) is 2. The maximum atomic E-state index is 13.0. The van der Waals surface area contributed by atoms with Crippen LogP contribution in [0, 0.1) is 0 Å². The van der Waals surface area contributed by atoms with Crippen LogP contribution >= 0.6 is 15.9 Å². The molecule has 120 valence electrons. The molecule has 8 heteroatoms. The molecule has 0 saturated carbocycles. The molecule has 0 heterocycles. The van der Waals surface area contributed by atoms with Crippen molar-refractivity contribution < 1.29 is 27.9 Å². The molecule has 0 aliphatic carbocycles. The van der Waals surface area contributed by atoms with Gasteiger partial charge >= 0.3 is 12.1 Å². The minimum absolute atomic E-state index is 0.109. The second-order valence-electron chi connectivity index (χ2n) is 4.47. The lowest BCUT2D eigenvalue weighted by Gasteiger charge is -2.14. The number of anilines is 1. The molecule has 2 rings (SSSR count). The molecule has 0 radical (unpaired) electrons. The zero-order valence-electron chi connectivity index (χ0n) is 11.3. The molecule has 0 bridgehead atoms. The number of aromatic carboxylic acids is 1. The van der Waals surface area contributed by atoms with Crippen LogP contribution in [0.1, 0.15) is 26.3 Å². The van der Waals surface area contributed by atoms with E-state index in [-0.39, 0.29) is 15.7 Å². The highest BCUT2D eigenvalue weighted by Crippen LogP contribution is 2.33. The number of benzene rings is 2. The van der Waals surface area contributed by atoms with Crippen molar-refractivity contribution in [3.63, 3.8) is 0 Å². The first-order chi connectivity index (χ1) is 10.7. The zero-order valence-corrected chi connectivity index (χ0v) is 12.9. The number of hydrogen-bond donors (Lipinski definition) is 2. The van der Waals surface area contributed by atoms with Crippen LogP contribution in [0.3, 0.4) is 0 Å². The number of amides is 1. The van der Waals surface area contributed by atoms with Crippen LogP contribution in [-0.2, 0) is 6.18 Å². The van der Waals surface area contributed by atoms with Crippen molar-refractivity contribution in [3.8, 4) is 0 Å². The van der Waals surface area contributed by atoms with E-state index < -0.39 is 29.2 Å². The van der Waals surface area contributed by atoms with Crippen LogP contribution in [0.5, 0.6) is 0 Å². The maximum Gasteiger partial charge on any atom is 0.417 e. The van der Waals surface area contributed by atoms with Gasteiger partial charge in [-0.3, -0.25) is 4.79 Å². The van der Waals surface area contributed by atoms with Crippen LogP contribution in [0.25, 0.3) is 0 Å². The number of para-hydroxylation sites is 1. The first-order valence-electron chi connectivity index (χ1n) is 6.21. The minimum atomic E-state index is -4.70. The van der Waals surface area contributed by atoms with Crippen molar-refractivity contribution in [1.82, 2.24) is 0 Å². The van der Waals surface area contributed by atoms with E-state index in [1.807, 2.05) is 0 Å². The summed E-state index contributed by atoms with van der Waals surface area (Å²) in [4.78, 5) is 23.3. The number of carbonyl (C=O) groups excluding carboxylic acids is 1. The molecule has 0 aromatic heterocycles. The monoisotopic (exact) mass is 387 g/mol. The first-order valence-corrected chi connectivity index (χ1v) is 7.00. The summed E-state index contributed by atoms with van der Waals surface area (Å²) in [5, 5.41) is 11.3.